The van der Waals surface area contributed by atoms with Gasteiger partial charge in [0.1, 0.15) is 17.8 Å². The van der Waals surface area contributed by atoms with Gasteiger partial charge >= 0.3 is 0 Å². The highest BCUT2D eigenvalue weighted by molar-refractivity contribution is 5.96. The van der Waals surface area contributed by atoms with E-state index in [-0.39, 0.29) is 18.4 Å². The van der Waals surface area contributed by atoms with Crippen molar-refractivity contribution in [3.05, 3.63) is 47.8 Å². The Hall–Kier alpha value is -2.50. The summed E-state index contributed by atoms with van der Waals surface area (Å²) in [6.45, 7) is 2.14. The van der Waals surface area contributed by atoms with E-state index in [1.807, 2.05) is 19.1 Å². The topological polar surface area (TPSA) is 75.7 Å². The molecule has 0 radical (unpaired) electrons. The van der Waals surface area contributed by atoms with E-state index in [4.69, 9.17) is 8.83 Å². The summed E-state index contributed by atoms with van der Waals surface area (Å²) in [4.78, 5) is 25.0. The second kappa shape index (κ2) is 6.10. The van der Waals surface area contributed by atoms with Crippen molar-refractivity contribution < 1.29 is 18.4 Å². The van der Waals surface area contributed by atoms with Gasteiger partial charge in [0.15, 0.2) is 0 Å². The third-order valence-corrected chi connectivity index (χ3v) is 2.80. The molecule has 0 bridgehead atoms. The van der Waals surface area contributed by atoms with E-state index in [0.29, 0.717) is 17.9 Å². The molecular formula is C14H16N2O4. The Labute approximate surface area is 116 Å². The quantitative estimate of drug-likeness (QED) is 0.899. The molecule has 2 aromatic rings. The first kappa shape index (κ1) is 13.9. The van der Waals surface area contributed by atoms with Gasteiger partial charge in [0.05, 0.1) is 24.9 Å². The Kier molecular flexibility index (Phi) is 4.24. The second-order valence-corrected chi connectivity index (χ2v) is 4.46. The summed E-state index contributed by atoms with van der Waals surface area (Å²) in [7, 11) is 1.66. The minimum atomic E-state index is -0.339. The zero-order chi connectivity index (χ0) is 14.5. The number of furan rings is 2. The van der Waals surface area contributed by atoms with Gasteiger partial charge in [-0.1, -0.05) is 0 Å². The molecular weight excluding hydrogens is 260 g/mol. The van der Waals surface area contributed by atoms with Gasteiger partial charge in [0, 0.05) is 7.05 Å². The van der Waals surface area contributed by atoms with E-state index in [9.17, 15) is 9.59 Å². The second-order valence-electron chi connectivity index (χ2n) is 4.46. The molecule has 2 aromatic heterocycles. The maximum absolute atomic E-state index is 11.9. The Morgan fingerprint density at radius 2 is 2.10 bits per heavy atom. The number of amides is 2. The minimum Gasteiger partial charge on any atom is -0.472 e. The van der Waals surface area contributed by atoms with Crippen LogP contribution >= 0.6 is 0 Å². The number of hydrogen-bond acceptors (Lipinski definition) is 4. The highest BCUT2D eigenvalue weighted by Crippen LogP contribution is 2.08. The van der Waals surface area contributed by atoms with Crippen molar-refractivity contribution >= 4 is 11.8 Å². The van der Waals surface area contributed by atoms with Gasteiger partial charge in [-0.05, 0) is 25.1 Å². The molecule has 20 heavy (non-hydrogen) atoms. The Bertz CT molecular complexity index is 586. The molecule has 1 N–H and O–H groups in total. The molecule has 0 aliphatic heterocycles. The van der Waals surface area contributed by atoms with E-state index < -0.39 is 0 Å². The lowest BCUT2D eigenvalue weighted by molar-refractivity contribution is -0.129. The van der Waals surface area contributed by atoms with Crippen molar-refractivity contribution in [2.24, 2.45) is 0 Å². The molecule has 0 aliphatic rings. The zero-order valence-corrected chi connectivity index (χ0v) is 11.4. The molecule has 6 nitrogen and oxygen atoms in total. The average molecular weight is 276 g/mol. The zero-order valence-electron chi connectivity index (χ0n) is 11.4. The average Bonchev–Trinajstić information content (AvgIpc) is 3.07. The molecule has 0 aromatic carbocycles. The monoisotopic (exact) mass is 276 g/mol. The molecule has 0 saturated heterocycles. The summed E-state index contributed by atoms with van der Waals surface area (Å²) in [5.41, 5.74) is 0.391. The number of carbonyl (C=O) groups excluding carboxylic acids is 2. The molecule has 0 spiro atoms. The van der Waals surface area contributed by atoms with Crippen molar-refractivity contribution in [1.82, 2.24) is 10.2 Å². The predicted octanol–water partition coefficient (Wildman–Crippen LogP) is 1.57. The number of carbonyl (C=O) groups is 2. The van der Waals surface area contributed by atoms with Crippen molar-refractivity contribution in [3.8, 4) is 0 Å². The van der Waals surface area contributed by atoms with Gasteiger partial charge < -0.3 is 19.1 Å². The fourth-order valence-electron chi connectivity index (χ4n) is 1.68. The highest BCUT2D eigenvalue weighted by Gasteiger charge is 2.13. The van der Waals surface area contributed by atoms with Gasteiger partial charge in [0.25, 0.3) is 5.91 Å². The summed E-state index contributed by atoms with van der Waals surface area (Å²) in [5.74, 6) is 0.971. The lowest BCUT2D eigenvalue weighted by Crippen LogP contribution is -2.37. The summed E-state index contributed by atoms with van der Waals surface area (Å²) in [6.07, 6.45) is 2.73. The Morgan fingerprint density at radius 3 is 2.70 bits per heavy atom. The molecule has 2 amide bonds. The first-order valence-corrected chi connectivity index (χ1v) is 6.16. The smallest absolute Gasteiger partial charge is 0.254 e. The lowest BCUT2D eigenvalue weighted by atomic mass is 10.3. The fraction of sp³-hybridized carbons (Fsp3) is 0.286. The van der Waals surface area contributed by atoms with E-state index in [0.717, 1.165) is 5.76 Å². The molecule has 2 rings (SSSR count). The molecule has 0 aliphatic carbocycles. The van der Waals surface area contributed by atoms with Crippen LogP contribution in [0.25, 0.3) is 0 Å². The van der Waals surface area contributed by atoms with E-state index in [2.05, 4.69) is 5.32 Å². The van der Waals surface area contributed by atoms with Crippen LogP contribution in [0.2, 0.25) is 0 Å². The molecule has 0 unspecified atom stereocenters. The Balaban J connectivity index is 1.81. The summed E-state index contributed by atoms with van der Waals surface area (Å²) < 4.78 is 10.2. The maximum atomic E-state index is 11.9. The fourth-order valence-corrected chi connectivity index (χ4v) is 1.68. The van der Waals surface area contributed by atoms with Crippen LogP contribution in [0.15, 0.2) is 39.6 Å². The normalized spacial score (nSPS) is 10.3. The van der Waals surface area contributed by atoms with Crippen LogP contribution in [0.5, 0.6) is 0 Å². The van der Waals surface area contributed by atoms with Gasteiger partial charge in [-0.15, -0.1) is 0 Å². The van der Waals surface area contributed by atoms with Crippen molar-refractivity contribution in [2.75, 3.05) is 13.6 Å². The standard InChI is InChI=1S/C14H16N2O4/c1-10-3-4-12(20-10)8-16(2)13(17)7-15-14(18)11-5-6-19-9-11/h3-6,9H,7-8H2,1-2H3,(H,15,18). The summed E-state index contributed by atoms with van der Waals surface area (Å²) in [6, 6.07) is 5.20. The van der Waals surface area contributed by atoms with E-state index >= 15 is 0 Å². The van der Waals surface area contributed by atoms with Crippen LogP contribution < -0.4 is 5.32 Å². The van der Waals surface area contributed by atoms with E-state index in [1.54, 1.807) is 7.05 Å². The highest BCUT2D eigenvalue weighted by atomic mass is 16.3. The molecule has 2 heterocycles. The van der Waals surface area contributed by atoms with Crippen LogP contribution in [-0.2, 0) is 11.3 Å². The maximum Gasteiger partial charge on any atom is 0.254 e. The minimum absolute atomic E-state index is 0.0692. The molecule has 0 atom stereocenters. The molecule has 106 valence electrons. The largest absolute Gasteiger partial charge is 0.472 e. The number of hydrogen-bond donors (Lipinski definition) is 1. The van der Waals surface area contributed by atoms with Crippen LogP contribution in [0.1, 0.15) is 21.9 Å². The molecule has 0 fully saturated rings. The van der Waals surface area contributed by atoms with Crippen LogP contribution in [-0.4, -0.2) is 30.3 Å². The van der Waals surface area contributed by atoms with Crippen LogP contribution in [0, 0.1) is 6.92 Å². The number of nitrogens with one attached hydrogen (secondary N) is 1. The van der Waals surface area contributed by atoms with E-state index in [1.165, 1.54) is 23.5 Å². The summed E-state index contributed by atoms with van der Waals surface area (Å²) >= 11 is 0. The third kappa shape index (κ3) is 3.50. The van der Waals surface area contributed by atoms with Crippen LogP contribution in [0.4, 0.5) is 0 Å². The van der Waals surface area contributed by atoms with Gasteiger partial charge in [-0.25, -0.2) is 0 Å². The number of nitrogens with zero attached hydrogens (tertiary/aromatic N) is 1. The van der Waals surface area contributed by atoms with Gasteiger partial charge in [0.2, 0.25) is 5.91 Å². The first-order valence-electron chi connectivity index (χ1n) is 6.16. The summed E-state index contributed by atoms with van der Waals surface area (Å²) in [5, 5.41) is 2.54. The third-order valence-electron chi connectivity index (χ3n) is 2.80. The number of likely N-dealkylation sites (N-methyl/N-ethyl adjacent to an activating group) is 1. The van der Waals surface area contributed by atoms with Crippen molar-refractivity contribution in [3.63, 3.8) is 0 Å². The predicted molar refractivity (Wildman–Crippen MR) is 71.0 cm³/mol. The number of rotatable bonds is 5. The van der Waals surface area contributed by atoms with Crippen molar-refractivity contribution in [1.29, 1.82) is 0 Å². The Morgan fingerprint density at radius 1 is 1.30 bits per heavy atom. The lowest BCUT2D eigenvalue weighted by Gasteiger charge is -2.15. The molecule has 0 saturated carbocycles. The SMILES string of the molecule is Cc1ccc(CN(C)C(=O)CNC(=O)c2ccoc2)o1. The van der Waals surface area contributed by atoms with Gasteiger partial charge in [-0.2, -0.15) is 0 Å². The first-order chi connectivity index (χ1) is 9.56. The van der Waals surface area contributed by atoms with Gasteiger partial charge in [-0.3, -0.25) is 9.59 Å². The number of aryl methyl sites for hydroxylation is 1. The van der Waals surface area contributed by atoms with Crippen molar-refractivity contribution in [2.45, 2.75) is 13.5 Å². The molecule has 6 heteroatoms. The van der Waals surface area contributed by atoms with Crippen LogP contribution in [0.3, 0.4) is 0 Å².